The Morgan fingerprint density at radius 1 is 1.00 bits per heavy atom. The Morgan fingerprint density at radius 2 is 1.38 bits per heavy atom. The minimum atomic E-state index is -0.213. The van der Waals surface area contributed by atoms with Crippen molar-refractivity contribution in [2.75, 3.05) is 14.2 Å². The molecule has 0 unspecified atom stereocenters. The zero-order valence-corrected chi connectivity index (χ0v) is 9.77. The first-order chi connectivity index (χ1) is 7.67. The molecular formula is C12H18O4. The summed E-state index contributed by atoms with van der Waals surface area (Å²) in [6.45, 7) is 0. The number of ether oxygens (including phenoxy) is 2. The highest BCUT2D eigenvalue weighted by Gasteiger charge is 2.27. The van der Waals surface area contributed by atoms with E-state index in [1.807, 2.05) is 0 Å². The van der Waals surface area contributed by atoms with E-state index in [-0.39, 0.29) is 23.8 Å². The van der Waals surface area contributed by atoms with E-state index in [9.17, 15) is 9.59 Å². The van der Waals surface area contributed by atoms with Crippen molar-refractivity contribution < 1.29 is 19.1 Å². The lowest BCUT2D eigenvalue weighted by Gasteiger charge is -2.26. The smallest absolute Gasteiger partial charge is 0.305 e. The normalized spacial score (nSPS) is 23.9. The molecule has 0 spiro atoms. The van der Waals surface area contributed by atoms with Crippen LogP contribution in [-0.2, 0) is 19.1 Å². The van der Waals surface area contributed by atoms with Gasteiger partial charge >= 0.3 is 11.9 Å². The molecule has 90 valence electrons. The second kappa shape index (κ2) is 6.30. The summed E-state index contributed by atoms with van der Waals surface area (Å²) in [5.74, 6) is -0.0431. The van der Waals surface area contributed by atoms with E-state index in [4.69, 9.17) is 0 Å². The van der Waals surface area contributed by atoms with E-state index in [0.29, 0.717) is 12.8 Å². The molecule has 0 N–H and O–H groups in total. The first-order valence-corrected chi connectivity index (χ1v) is 5.46. The average molecular weight is 226 g/mol. The second-order valence-electron chi connectivity index (χ2n) is 4.02. The first-order valence-electron chi connectivity index (χ1n) is 5.46. The van der Waals surface area contributed by atoms with Crippen molar-refractivity contribution in [3.63, 3.8) is 0 Å². The van der Waals surface area contributed by atoms with E-state index in [1.165, 1.54) is 14.2 Å². The summed E-state index contributed by atoms with van der Waals surface area (Å²) in [7, 11) is 2.77. The van der Waals surface area contributed by atoms with Crippen LogP contribution in [0.15, 0.2) is 12.2 Å². The lowest BCUT2D eigenvalue weighted by atomic mass is 9.79. The van der Waals surface area contributed by atoms with Gasteiger partial charge in [0, 0.05) is 12.8 Å². The van der Waals surface area contributed by atoms with Crippen molar-refractivity contribution in [3.8, 4) is 0 Å². The number of carbonyl (C=O) groups is 2. The van der Waals surface area contributed by atoms with Gasteiger partial charge in [0.2, 0.25) is 0 Å². The Hall–Kier alpha value is -1.32. The van der Waals surface area contributed by atoms with Crippen LogP contribution in [0.4, 0.5) is 0 Å². The van der Waals surface area contributed by atoms with Crippen LogP contribution in [0.5, 0.6) is 0 Å². The van der Waals surface area contributed by atoms with Gasteiger partial charge in [-0.2, -0.15) is 0 Å². The lowest BCUT2D eigenvalue weighted by molar-refractivity contribution is -0.145. The maximum Gasteiger partial charge on any atom is 0.305 e. The third-order valence-electron chi connectivity index (χ3n) is 3.02. The zero-order chi connectivity index (χ0) is 12.0. The Bertz CT molecular complexity index is 255. The standard InChI is InChI=1S/C12H18O4/c1-15-11(13)7-9-5-3-4-6-10(9)8-12(14)16-2/h3-4,9-10H,5-8H2,1-2H3/t9-,10-/m0/s1. The molecule has 0 aliphatic heterocycles. The molecule has 0 aromatic heterocycles. The molecule has 1 aliphatic rings. The summed E-state index contributed by atoms with van der Waals surface area (Å²) in [4.78, 5) is 22.4. The SMILES string of the molecule is COC(=O)C[C@@H]1CC=CC[C@H]1CC(=O)OC. The summed E-state index contributed by atoms with van der Waals surface area (Å²) in [5, 5.41) is 0. The molecule has 1 rings (SSSR count). The fourth-order valence-corrected chi connectivity index (χ4v) is 2.02. The summed E-state index contributed by atoms with van der Waals surface area (Å²) in [6.07, 6.45) is 6.53. The van der Waals surface area contributed by atoms with Gasteiger partial charge in [-0.15, -0.1) is 0 Å². The highest BCUT2D eigenvalue weighted by atomic mass is 16.5. The van der Waals surface area contributed by atoms with Crippen molar-refractivity contribution in [3.05, 3.63) is 12.2 Å². The highest BCUT2D eigenvalue weighted by molar-refractivity contribution is 5.71. The van der Waals surface area contributed by atoms with E-state index < -0.39 is 0 Å². The summed E-state index contributed by atoms with van der Waals surface area (Å²) < 4.78 is 9.31. The van der Waals surface area contributed by atoms with E-state index in [2.05, 4.69) is 21.6 Å². The molecule has 0 saturated carbocycles. The Morgan fingerprint density at radius 3 is 1.69 bits per heavy atom. The molecule has 0 aromatic carbocycles. The third kappa shape index (κ3) is 3.68. The van der Waals surface area contributed by atoms with Crippen molar-refractivity contribution in [2.45, 2.75) is 25.7 Å². The van der Waals surface area contributed by atoms with Crippen LogP contribution in [0.1, 0.15) is 25.7 Å². The van der Waals surface area contributed by atoms with E-state index in [1.54, 1.807) is 0 Å². The molecule has 1 aliphatic carbocycles. The van der Waals surface area contributed by atoms with Gasteiger partial charge in [-0.1, -0.05) is 12.2 Å². The van der Waals surface area contributed by atoms with Crippen molar-refractivity contribution in [1.29, 1.82) is 0 Å². The van der Waals surface area contributed by atoms with Gasteiger partial charge in [0.05, 0.1) is 14.2 Å². The second-order valence-corrected chi connectivity index (χ2v) is 4.02. The predicted molar refractivity (Wildman–Crippen MR) is 58.6 cm³/mol. The molecule has 0 heterocycles. The van der Waals surface area contributed by atoms with Gasteiger partial charge in [-0.3, -0.25) is 9.59 Å². The van der Waals surface area contributed by atoms with Crippen LogP contribution in [0, 0.1) is 11.8 Å². The summed E-state index contributed by atoms with van der Waals surface area (Å²) >= 11 is 0. The number of hydrogen-bond donors (Lipinski definition) is 0. The van der Waals surface area contributed by atoms with Gasteiger partial charge in [-0.05, 0) is 24.7 Å². The number of hydrogen-bond acceptors (Lipinski definition) is 4. The molecule has 0 fully saturated rings. The largest absolute Gasteiger partial charge is 0.469 e. The van der Waals surface area contributed by atoms with E-state index >= 15 is 0 Å². The molecule has 0 aromatic rings. The highest BCUT2D eigenvalue weighted by Crippen LogP contribution is 2.31. The minimum Gasteiger partial charge on any atom is -0.469 e. The Kier molecular flexibility index (Phi) is 5.02. The number of allylic oxidation sites excluding steroid dienone is 2. The number of carbonyl (C=O) groups excluding carboxylic acids is 2. The Labute approximate surface area is 95.6 Å². The minimum absolute atomic E-state index is 0.191. The number of esters is 2. The molecule has 2 atom stereocenters. The summed E-state index contributed by atoms with van der Waals surface area (Å²) in [6, 6.07) is 0. The van der Waals surface area contributed by atoms with E-state index in [0.717, 1.165) is 12.8 Å². The quantitative estimate of drug-likeness (QED) is 0.540. The van der Waals surface area contributed by atoms with Crippen molar-refractivity contribution in [1.82, 2.24) is 0 Å². The van der Waals surface area contributed by atoms with Crippen LogP contribution < -0.4 is 0 Å². The molecule has 0 amide bonds. The van der Waals surface area contributed by atoms with Crippen molar-refractivity contribution >= 4 is 11.9 Å². The van der Waals surface area contributed by atoms with Crippen LogP contribution in [0.2, 0.25) is 0 Å². The fraction of sp³-hybridized carbons (Fsp3) is 0.667. The predicted octanol–water partition coefficient (Wildman–Crippen LogP) is 1.70. The van der Waals surface area contributed by atoms with Gasteiger partial charge < -0.3 is 9.47 Å². The molecule has 16 heavy (non-hydrogen) atoms. The van der Waals surface area contributed by atoms with Crippen LogP contribution >= 0.6 is 0 Å². The van der Waals surface area contributed by atoms with Crippen molar-refractivity contribution in [2.24, 2.45) is 11.8 Å². The molecule has 4 heteroatoms. The topological polar surface area (TPSA) is 52.6 Å². The maximum atomic E-state index is 11.2. The zero-order valence-electron chi connectivity index (χ0n) is 9.77. The third-order valence-corrected chi connectivity index (χ3v) is 3.02. The summed E-state index contributed by atoms with van der Waals surface area (Å²) in [5.41, 5.74) is 0. The average Bonchev–Trinajstić information content (AvgIpc) is 2.31. The number of methoxy groups -OCH3 is 2. The molecule has 0 radical (unpaired) electrons. The molecular weight excluding hydrogens is 208 g/mol. The van der Waals surface area contributed by atoms with Crippen LogP contribution in [-0.4, -0.2) is 26.2 Å². The molecule has 0 bridgehead atoms. The maximum absolute atomic E-state index is 11.2. The van der Waals surface area contributed by atoms with Crippen LogP contribution in [0.3, 0.4) is 0 Å². The van der Waals surface area contributed by atoms with Gasteiger partial charge in [0.15, 0.2) is 0 Å². The van der Waals surface area contributed by atoms with Gasteiger partial charge in [0.1, 0.15) is 0 Å². The lowest BCUT2D eigenvalue weighted by Crippen LogP contribution is -2.23. The fourth-order valence-electron chi connectivity index (χ4n) is 2.02. The molecule has 0 saturated heterocycles. The molecule has 4 nitrogen and oxygen atoms in total. The van der Waals surface area contributed by atoms with Crippen LogP contribution in [0.25, 0.3) is 0 Å². The number of rotatable bonds is 4. The first kappa shape index (κ1) is 12.7. The van der Waals surface area contributed by atoms with Gasteiger partial charge in [-0.25, -0.2) is 0 Å². The van der Waals surface area contributed by atoms with Gasteiger partial charge in [0.25, 0.3) is 0 Å². The Balaban J connectivity index is 2.54. The monoisotopic (exact) mass is 226 g/mol.